The molecule has 2 heterocycles. The van der Waals surface area contributed by atoms with Gasteiger partial charge in [-0.05, 0) is 17.7 Å². The third-order valence-corrected chi connectivity index (χ3v) is 3.44. The molecule has 0 spiro atoms. The van der Waals surface area contributed by atoms with Crippen LogP contribution in [0.1, 0.15) is 23.1 Å². The van der Waals surface area contributed by atoms with Gasteiger partial charge < -0.3 is 14.1 Å². The number of aryl methyl sites for hydroxylation is 1. The molecule has 1 aliphatic heterocycles. The van der Waals surface area contributed by atoms with Crippen LogP contribution in [0.15, 0.2) is 28.7 Å². The Labute approximate surface area is 124 Å². The SMILES string of the molecule is Cc1nnc(N2CCOC(c3cccc(C(F)(F)F)c3)C2)o1. The molecule has 0 N–H and O–H groups in total. The van der Waals surface area contributed by atoms with E-state index in [0.29, 0.717) is 37.2 Å². The van der Waals surface area contributed by atoms with Crippen molar-refractivity contribution in [2.24, 2.45) is 0 Å². The highest BCUT2D eigenvalue weighted by Gasteiger charge is 2.32. The summed E-state index contributed by atoms with van der Waals surface area (Å²) in [4.78, 5) is 1.81. The van der Waals surface area contributed by atoms with Gasteiger partial charge in [-0.3, -0.25) is 0 Å². The van der Waals surface area contributed by atoms with Gasteiger partial charge >= 0.3 is 12.2 Å². The average molecular weight is 313 g/mol. The maximum absolute atomic E-state index is 12.8. The van der Waals surface area contributed by atoms with E-state index in [4.69, 9.17) is 9.15 Å². The molecule has 1 unspecified atom stereocenters. The Kier molecular flexibility index (Phi) is 3.78. The number of rotatable bonds is 2. The summed E-state index contributed by atoms with van der Waals surface area (Å²) in [5.41, 5.74) is -0.199. The summed E-state index contributed by atoms with van der Waals surface area (Å²) in [5.74, 6) is 0.442. The van der Waals surface area contributed by atoms with Crippen LogP contribution in [-0.4, -0.2) is 29.9 Å². The van der Waals surface area contributed by atoms with Gasteiger partial charge in [-0.15, -0.1) is 5.10 Å². The second-order valence-electron chi connectivity index (χ2n) is 5.03. The van der Waals surface area contributed by atoms with Crippen molar-refractivity contribution in [3.63, 3.8) is 0 Å². The number of ether oxygens (including phenoxy) is 1. The van der Waals surface area contributed by atoms with E-state index in [1.807, 2.05) is 4.90 Å². The zero-order valence-corrected chi connectivity index (χ0v) is 11.8. The predicted octanol–water partition coefficient (Wildman–Crippen LogP) is 2.97. The van der Waals surface area contributed by atoms with E-state index < -0.39 is 17.8 Å². The lowest BCUT2D eigenvalue weighted by atomic mass is 10.0. The number of anilines is 1. The lowest BCUT2D eigenvalue weighted by Gasteiger charge is -2.32. The fraction of sp³-hybridized carbons (Fsp3) is 0.429. The molecule has 1 aromatic heterocycles. The first-order chi connectivity index (χ1) is 10.4. The Bertz CT molecular complexity index is 657. The van der Waals surface area contributed by atoms with Gasteiger partial charge in [-0.1, -0.05) is 17.2 Å². The fourth-order valence-electron chi connectivity index (χ4n) is 2.35. The average Bonchev–Trinajstić information content (AvgIpc) is 2.93. The van der Waals surface area contributed by atoms with Crippen LogP contribution in [0.2, 0.25) is 0 Å². The maximum atomic E-state index is 12.8. The van der Waals surface area contributed by atoms with Crippen LogP contribution >= 0.6 is 0 Å². The topological polar surface area (TPSA) is 51.4 Å². The number of nitrogens with zero attached hydrogens (tertiary/aromatic N) is 3. The Morgan fingerprint density at radius 2 is 2.09 bits per heavy atom. The van der Waals surface area contributed by atoms with Crippen LogP contribution in [0.3, 0.4) is 0 Å². The Morgan fingerprint density at radius 1 is 1.27 bits per heavy atom. The largest absolute Gasteiger partial charge is 0.416 e. The number of morpholine rings is 1. The molecule has 2 aromatic rings. The van der Waals surface area contributed by atoms with Gasteiger partial charge in [0, 0.05) is 13.5 Å². The standard InChI is InChI=1S/C14H14F3N3O2/c1-9-18-19-13(22-9)20-5-6-21-12(8-20)10-3-2-4-11(7-10)14(15,16)17/h2-4,7,12H,5-6,8H2,1H3. The molecule has 3 rings (SSSR count). The normalized spacial score (nSPS) is 19.5. The molecule has 0 aliphatic carbocycles. The number of hydrogen-bond acceptors (Lipinski definition) is 5. The summed E-state index contributed by atoms with van der Waals surface area (Å²) >= 11 is 0. The Balaban J connectivity index is 1.80. The van der Waals surface area contributed by atoms with Crippen molar-refractivity contribution < 1.29 is 22.3 Å². The van der Waals surface area contributed by atoms with Gasteiger partial charge in [-0.2, -0.15) is 13.2 Å². The molecule has 118 valence electrons. The summed E-state index contributed by atoms with van der Waals surface area (Å²) in [6.07, 6.45) is -4.84. The molecule has 0 saturated carbocycles. The molecule has 1 aliphatic rings. The second kappa shape index (κ2) is 5.60. The van der Waals surface area contributed by atoms with Crippen LogP contribution in [-0.2, 0) is 10.9 Å². The first-order valence-electron chi connectivity index (χ1n) is 6.77. The zero-order valence-electron chi connectivity index (χ0n) is 11.8. The minimum atomic E-state index is -4.37. The Morgan fingerprint density at radius 3 is 2.77 bits per heavy atom. The van der Waals surface area contributed by atoms with Crippen molar-refractivity contribution in [3.8, 4) is 0 Å². The molecule has 0 amide bonds. The minimum absolute atomic E-state index is 0.359. The van der Waals surface area contributed by atoms with Gasteiger partial charge in [0.2, 0.25) is 5.89 Å². The minimum Gasteiger partial charge on any atom is -0.408 e. The number of halogens is 3. The van der Waals surface area contributed by atoms with Gasteiger partial charge in [0.1, 0.15) is 6.10 Å². The van der Waals surface area contributed by atoms with Crippen LogP contribution in [0.4, 0.5) is 19.2 Å². The maximum Gasteiger partial charge on any atom is 0.416 e. The van der Waals surface area contributed by atoms with Gasteiger partial charge in [-0.25, -0.2) is 0 Å². The monoisotopic (exact) mass is 313 g/mol. The molecule has 1 atom stereocenters. The highest BCUT2D eigenvalue weighted by Crippen LogP contribution is 2.32. The van der Waals surface area contributed by atoms with Crippen molar-refractivity contribution in [2.75, 3.05) is 24.6 Å². The predicted molar refractivity (Wildman–Crippen MR) is 71.4 cm³/mol. The van der Waals surface area contributed by atoms with Crippen molar-refractivity contribution in [2.45, 2.75) is 19.2 Å². The zero-order chi connectivity index (χ0) is 15.7. The Hall–Kier alpha value is -2.09. The molecule has 22 heavy (non-hydrogen) atoms. The van der Waals surface area contributed by atoms with E-state index in [2.05, 4.69) is 10.2 Å². The number of benzene rings is 1. The summed E-state index contributed by atoms with van der Waals surface area (Å²) in [6, 6.07) is 5.54. The lowest BCUT2D eigenvalue weighted by molar-refractivity contribution is -0.137. The van der Waals surface area contributed by atoms with Crippen LogP contribution in [0, 0.1) is 6.92 Å². The summed E-state index contributed by atoms with van der Waals surface area (Å²) in [5, 5.41) is 7.69. The van der Waals surface area contributed by atoms with Gasteiger partial charge in [0.15, 0.2) is 0 Å². The summed E-state index contributed by atoms with van der Waals surface area (Å²) < 4.78 is 49.3. The number of hydrogen-bond donors (Lipinski definition) is 0. The van der Waals surface area contributed by atoms with Crippen LogP contribution < -0.4 is 4.90 Å². The molecular formula is C14H14F3N3O2. The first-order valence-corrected chi connectivity index (χ1v) is 6.77. The van der Waals surface area contributed by atoms with E-state index in [0.717, 1.165) is 12.1 Å². The molecular weight excluding hydrogens is 299 g/mol. The lowest BCUT2D eigenvalue weighted by Crippen LogP contribution is -2.38. The highest BCUT2D eigenvalue weighted by atomic mass is 19.4. The van der Waals surface area contributed by atoms with Crippen molar-refractivity contribution in [3.05, 3.63) is 41.3 Å². The summed E-state index contributed by atoms with van der Waals surface area (Å²) in [7, 11) is 0. The van der Waals surface area contributed by atoms with Gasteiger partial charge in [0.25, 0.3) is 0 Å². The van der Waals surface area contributed by atoms with E-state index in [1.54, 1.807) is 13.0 Å². The van der Waals surface area contributed by atoms with Crippen molar-refractivity contribution >= 4 is 6.01 Å². The van der Waals surface area contributed by atoms with Crippen molar-refractivity contribution in [1.82, 2.24) is 10.2 Å². The molecule has 0 radical (unpaired) electrons. The van der Waals surface area contributed by atoms with Crippen LogP contribution in [0.25, 0.3) is 0 Å². The third kappa shape index (κ3) is 3.06. The third-order valence-electron chi connectivity index (χ3n) is 3.44. The first kappa shape index (κ1) is 14.8. The number of alkyl halides is 3. The smallest absolute Gasteiger partial charge is 0.408 e. The molecule has 1 aromatic carbocycles. The quantitative estimate of drug-likeness (QED) is 0.853. The van der Waals surface area contributed by atoms with E-state index in [1.165, 1.54) is 6.07 Å². The highest BCUT2D eigenvalue weighted by molar-refractivity contribution is 5.31. The summed E-state index contributed by atoms with van der Waals surface area (Å²) in [6.45, 7) is 2.98. The molecule has 0 bridgehead atoms. The molecule has 1 saturated heterocycles. The molecule has 1 fully saturated rings. The van der Waals surface area contributed by atoms with Crippen LogP contribution in [0.5, 0.6) is 0 Å². The van der Waals surface area contributed by atoms with E-state index >= 15 is 0 Å². The number of aromatic nitrogens is 2. The van der Waals surface area contributed by atoms with E-state index in [-0.39, 0.29) is 0 Å². The van der Waals surface area contributed by atoms with Crippen molar-refractivity contribution in [1.29, 1.82) is 0 Å². The molecule has 8 heteroatoms. The fourth-order valence-corrected chi connectivity index (χ4v) is 2.35. The van der Waals surface area contributed by atoms with Gasteiger partial charge in [0.05, 0.1) is 18.7 Å². The molecule has 5 nitrogen and oxygen atoms in total. The second-order valence-corrected chi connectivity index (χ2v) is 5.03. The van der Waals surface area contributed by atoms with E-state index in [9.17, 15) is 13.2 Å².